The van der Waals surface area contributed by atoms with Crippen molar-refractivity contribution in [3.05, 3.63) is 23.8 Å². The number of benzene rings is 1. The molecule has 0 spiro atoms. The molecule has 0 aliphatic carbocycles. The van der Waals surface area contributed by atoms with Gasteiger partial charge in [0.25, 0.3) is 0 Å². The highest BCUT2D eigenvalue weighted by Crippen LogP contribution is 2.39. The molecule has 1 aromatic carbocycles. The van der Waals surface area contributed by atoms with Crippen LogP contribution in [-0.2, 0) is 0 Å². The Hall–Kier alpha value is -1.26. The van der Waals surface area contributed by atoms with Gasteiger partial charge in [-0.25, -0.2) is 0 Å². The number of rotatable bonds is 4. The van der Waals surface area contributed by atoms with E-state index in [1.165, 1.54) is 7.11 Å². The second kappa shape index (κ2) is 4.72. The molecule has 0 aliphatic heterocycles. The zero-order chi connectivity index (χ0) is 12.3. The van der Waals surface area contributed by atoms with Gasteiger partial charge in [-0.15, -0.1) is 0 Å². The van der Waals surface area contributed by atoms with Crippen LogP contribution >= 0.6 is 0 Å². The molecule has 16 heavy (non-hydrogen) atoms. The van der Waals surface area contributed by atoms with Crippen LogP contribution in [0.15, 0.2) is 18.2 Å². The van der Waals surface area contributed by atoms with Crippen LogP contribution in [0.1, 0.15) is 25.5 Å². The monoisotopic (exact) mass is 225 g/mol. The lowest BCUT2D eigenvalue weighted by Crippen LogP contribution is -2.32. The van der Waals surface area contributed by atoms with Crippen molar-refractivity contribution in [2.24, 2.45) is 11.1 Å². The number of methoxy groups -OCH3 is 1. The summed E-state index contributed by atoms with van der Waals surface area (Å²) < 4.78 is 5.01. The SMILES string of the molecule is COc1cccc([C@@H](N)C(C)(C)CO)c1O. The van der Waals surface area contributed by atoms with Crippen LogP contribution in [0.4, 0.5) is 0 Å². The quantitative estimate of drug-likeness (QED) is 0.724. The van der Waals surface area contributed by atoms with Crippen LogP contribution in [0.3, 0.4) is 0 Å². The summed E-state index contributed by atoms with van der Waals surface area (Å²) >= 11 is 0. The maximum absolute atomic E-state index is 9.93. The molecule has 1 aromatic rings. The first-order valence-corrected chi connectivity index (χ1v) is 5.16. The molecule has 0 amide bonds. The number of aromatic hydroxyl groups is 1. The lowest BCUT2D eigenvalue weighted by molar-refractivity contribution is 0.131. The summed E-state index contributed by atoms with van der Waals surface area (Å²) in [6, 6.07) is 4.71. The Bertz CT molecular complexity index is 363. The van der Waals surface area contributed by atoms with E-state index >= 15 is 0 Å². The van der Waals surface area contributed by atoms with Crippen molar-refractivity contribution in [1.29, 1.82) is 0 Å². The predicted octanol–water partition coefficient (Wildman–Crippen LogP) is 1.42. The summed E-state index contributed by atoms with van der Waals surface area (Å²) in [6.45, 7) is 3.64. The number of hydrogen-bond donors (Lipinski definition) is 3. The smallest absolute Gasteiger partial charge is 0.162 e. The number of aliphatic hydroxyl groups excluding tert-OH is 1. The third kappa shape index (κ3) is 2.28. The van der Waals surface area contributed by atoms with Gasteiger partial charge in [0.1, 0.15) is 0 Å². The van der Waals surface area contributed by atoms with Gasteiger partial charge in [0.2, 0.25) is 0 Å². The molecule has 0 unspecified atom stereocenters. The predicted molar refractivity (Wildman–Crippen MR) is 62.5 cm³/mol. The Kier molecular flexibility index (Phi) is 3.78. The van der Waals surface area contributed by atoms with Crippen molar-refractivity contribution < 1.29 is 14.9 Å². The standard InChI is InChI=1S/C12H19NO3/c1-12(2,7-14)11(13)8-5-4-6-9(16-3)10(8)15/h4-6,11,14-15H,7,13H2,1-3H3/t11-/m1/s1. The van der Waals surface area contributed by atoms with Gasteiger partial charge in [-0.05, 0) is 6.07 Å². The van der Waals surface area contributed by atoms with E-state index in [0.717, 1.165) is 0 Å². The van der Waals surface area contributed by atoms with Gasteiger partial charge in [-0.2, -0.15) is 0 Å². The van der Waals surface area contributed by atoms with Gasteiger partial charge < -0.3 is 20.7 Å². The number of ether oxygens (including phenoxy) is 1. The van der Waals surface area contributed by atoms with Gasteiger partial charge in [-0.3, -0.25) is 0 Å². The number of hydrogen-bond acceptors (Lipinski definition) is 4. The van der Waals surface area contributed by atoms with Gasteiger partial charge in [-0.1, -0.05) is 26.0 Å². The first-order valence-electron chi connectivity index (χ1n) is 5.16. The highest BCUT2D eigenvalue weighted by Gasteiger charge is 2.29. The molecule has 4 heteroatoms. The second-order valence-corrected chi connectivity index (χ2v) is 4.52. The van der Waals surface area contributed by atoms with Gasteiger partial charge in [0, 0.05) is 23.6 Å². The molecule has 0 bridgehead atoms. The average molecular weight is 225 g/mol. The molecule has 1 rings (SSSR count). The fourth-order valence-electron chi connectivity index (χ4n) is 1.47. The maximum atomic E-state index is 9.93. The Morgan fingerprint density at radius 1 is 1.44 bits per heavy atom. The minimum atomic E-state index is -0.496. The number of aliphatic hydroxyl groups is 1. The zero-order valence-electron chi connectivity index (χ0n) is 9.90. The maximum Gasteiger partial charge on any atom is 0.162 e. The zero-order valence-corrected chi connectivity index (χ0v) is 9.90. The molecule has 1 atom stereocenters. The van der Waals surface area contributed by atoms with E-state index in [-0.39, 0.29) is 12.4 Å². The first kappa shape index (κ1) is 12.8. The van der Waals surface area contributed by atoms with Crippen molar-refractivity contribution >= 4 is 0 Å². The van der Waals surface area contributed by atoms with E-state index in [1.54, 1.807) is 18.2 Å². The van der Waals surface area contributed by atoms with E-state index in [9.17, 15) is 10.2 Å². The Labute approximate surface area is 95.7 Å². The summed E-state index contributed by atoms with van der Waals surface area (Å²) in [7, 11) is 1.49. The van der Waals surface area contributed by atoms with E-state index in [2.05, 4.69) is 0 Å². The van der Waals surface area contributed by atoms with Crippen molar-refractivity contribution in [2.75, 3.05) is 13.7 Å². The minimum Gasteiger partial charge on any atom is -0.504 e. The molecule has 0 heterocycles. The summed E-state index contributed by atoms with van der Waals surface area (Å²) in [6.07, 6.45) is 0. The third-order valence-electron chi connectivity index (χ3n) is 2.83. The lowest BCUT2D eigenvalue weighted by atomic mass is 9.81. The topological polar surface area (TPSA) is 75.7 Å². The highest BCUT2D eigenvalue weighted by atomic mass is 16.5. The molecule has 90 valence electrons. The molecular weight excluding hydrogens is 206 g/mol. The molecule has 4 N–H and O–H groups in total. The van der Waals surface area contributed by atoms with Crippen molar-refractivity contribution in [3.63, 3.8) is 0 Å². The van der Waals surface area contributed by atoms with Crippen molar-refractivity contribution in [3.8, 4) is 11.5 Å². The molecule has 4 nitrogen and oxygen atoms in total. The van der Waals surface area contributed by atoms with Gasteiger partial charge in [0.05, 0.1) is 7.11 Å². The van der Waals surface area contributed by atoms with Crippen LogP contribution in [-0.4, -0.2) is 23.9 Å². The Balaban J connectivity index is 3.14. The van der Waals surface area contributed by atoms with Crippen LogP contribution in [0.5, 0.6) is 11.5 Å². The number of phenolic OH excluding ortho intramolecular Hbond substituents is 1. The molecular formula is C12H19NO3. The highest BCUT2D eigenvalue weighted by molar-refractivity contribution is 5.47. The minimum absolute atomic E-state index is 0.0408. The van der Waals surface area contributed by atoms with E-state index < -0.39 is 11.5 Å². The largest absolute Gasteiger partial charge is 0.504 e. The summed E-state index contributed by atoms with van der Waals surface area (Å²) in [4.78, 5) is 0. The summed E-state index contributed by atoms with van der Waals surface area (Å²) in [5.41, 5.74) is 6.12. The van der Waals surface area contributed by atoms with Crippen LogP contribution in [0.2, 0.25) is 0 Å². The van der Waals surface area contributed by atoms with Gasteiger partial charge in [0.15, 0.2) is 11.5 Å². The number of phenols is 1. The normalized spacial score (nSPS) is 13.6. The molecule has 0 saturated carbocycles. The average Bonchev–Trinajstić information content (AvgIpc) is 2.28. The van der Waals surface area contributed by atoms with E-state index in [1.807, 2.05) is 13.8 Å². The fraction of sp³-hybridized carbons (Fsp3) is 0.500. The van der Waals surface area contributed by atoms with Crippen molar-refractivity contribution in [1.82, 2.24) is 0 Å². The third-order valence-corrected chi connectivity index (χ3v) is 2.83. The van der Waals surface area contributed by atoms with Crippen LogP contribution in [0, 0.1) is 5.41 Å². The second-order valence-electron chi connectivity index (χ2n) is 4.52. The Morgan fingerprint density at radius 2 is 2.06 bits per heavy atom. The van der Waals surface area contributed by atoms with Crippen LogP contribution < -0.4 is 10.5 Å². The number of nitrogens with two attached hydrogens (primary N) is 1. The van der Waals surface area contributed by atoms with Gasteiger partial charge >= 0.3 is 0 Å². The van der Waals surface area contributed by atoms with E-state index in [0.29, 0.717) is 11.3 Å². The lowest BCUT2D eigenvalue weighted by Gasteiger charge is -2.30. The Morgan fingerprint density at radius 3 is 2.56 bits per heavy atom. The molecule has 0 saturated heterocycles. The van der Waals surface area contributed by atoms with Crippen LogP contribution in [0.25, 0.3) is 0 Å². The fourth-order valence-corrected chi connectivity index (χ4v) is 1.47. The first-order chi connectivity index (χ1) is 7.44. The molecule has 0 radical (unpaired) electrons. The number of para-hydroxylation sites is 1. The molecule has 0 aromatic heterocycles. The van der Waals surface area contributed by atoms with Crippen molar-refractivity contribution in [2.45, 2.75) is 19.9 Å². The molecule has 0 fully saturated rings. The summed E-state index contributed by atoms with van der Waals surface area (Å²) in [5.74, 6) is 0.431. The van der Waals surface area contributed by atoms with E-state index in [4.69, 9.17) is 10.5 Å². The summed E-state index contributed by atoms with van der Waals surface area (Å²) in [5, 5.41) is 19.2. The molecule has 0 aliphatic rings.